The van der Waals surface area contributed by atoms with Crippen molar-refractivity contribution in [3.63, 3.8) is 0 Å². The maximum atomic E-state index is 14.0. The number of hydrogen-bond acceptors (Lipinski definition) is 9. The van der Waals surface area contributed by atoms with Crippen LogP contribution in [-0.2, 0) is 20.7 Å². The normalized spacial score (nSPS) is 33.3. The third-order valence-electron chi connectivity index (χ3n) is 11.3. The fourth-order valence-corrected chi connectivity index (χ4v) is 10.3. The molecule has 0 bridgehead atoms. The van der Waals surface area contributed by atoms with Crippen molar-refractivity contribution in [2.75, 3.05) is 5.75 Å². The van der Waals surface area contributed by atoms with Gasteiger partial charge in [-0.3, -0.25) is 9.59 Å². The first kappa shape index (κ1) is 30.1. The molecule has 1 N–H and O–H groups in total. The number of halogens is 1. The Morgan fingerprint density at radius 3 is 2.69 bits per heavy atom. The van der Waals surface area contributed by atoms with Gasteiger partial charge in [-0.05, 0) is 105 Å². The molecule has 0 amide bonds. The number of aliphatic hydroxyl groups is 1. The molecule has 3 aromatic rings. The van der Waals surface area contributed by atoms with Crippen molar-refractivity contribution in [3.8, 4) is 5.69 Å². The largest absolute Gasteiger partial charge is 0.451 e. The first-order valence-electron chi connectivity index (χ1n) is 15.5. The lowest BCUT2D eigenvalue weighted by Gasteiger charge is -2.60. The van der Waals surface area contributed by atoms with Crippen LogP contribution in [0.4, 0.5) is 4.39 Å². The zero-order valence-corrected chi connectivity index (χ0v) is 26.3. The van der Waals surface area contributed by atoms with Crippen LogP contribution in [0.5, 0.6) is 0 Å². The van der Waals surface area contributed by atoms with Gasteiger partial charge < -0.3 is 14.3 Å². The van der Waals surface area contributed by atoms with Gasteiger partial charge in [0.2, 0.25) is 5.12 Å². The van der Waals surface area contributed by atoms with Gasteiger partial charge in [0.25, 0.3) is 0 Å². The number of carbonyl (C=O) groups is 3. The molecule has 0 radical (unpaired) electrons. The van der Waals surface area contributed by atoms with E-state index in [9.17, 15) is 23.9 Å². The van der Waals surface area contributed by atoms with Gasteiger partial charge in [0, 0.05) is 5.41 Å². The molecule has 2 aromatic heterocycles. The molecule has 2 unspecified atom stereocenters. The molecule has 0 aliphatic heterocycles. The quantitative estimate of drug-likeness (QED) is 0.346. The molecule has 9 nitrogen and oxygen atoms in total. The zero-order valence-electron chi connectivity index (χ0n) is 25.5. The number of hydrogen-bond donors (Lipinski definition) is 1. The van der Waals surface area contributed by atoms with E-state index in [1.54, 1.807) is 12.1 Å². The average molecular weight is 634 g/mol. The van der Waals surface area contributed by atoms with Crippen molar-refractivity contribution < 1.29 is 33.0 Å². The van der Waals surface area contributed by atoms with Crippen molar-refractivity contribution in [1.29, 1.82) is 0 Å². The molecule has 45 heavy (non-hydrogen) atoms. The number of aromatic nitrogens is 3. The summed E-state index contributed by atoms with van der Waals surface area (Å²) in [6.07, 6.45) is 9.24. The number of ketones is 1. The minimum Gasteiger partial charge on any atom is -0.451 e. The van der Waals surface area contributed by atoms with E-state index < -0.39 is 23.1 Å². The number of ether oxygens (including phenoxy) is 1. The molecule has 11 heteroatoms. The second-order valence-electron chi connectivity index (χ2n) is 13.6. The lowest BCUT2D eigenvalue weighted by Crippen LogP contribution is -2.62. The van der Waals surface area contributed by atoms with Crippen LogP contribution >= 0.6 is 11.8 Å². The zero-order chi connectivity index (χ0) is 31.7. The summed E-state index contributed by atoms with van der Waals surface area (Å²) in [4.78, 5) is 43.1. The average Bonchev–Trinajstić information content (AvgIpc) is 3.73. The first-order valence-corrected chi connectivity index (χ1v) is 16.5. The van der Waals surface area contributed by atoms with Crippen LogP contribution in [-0.4, -0.2) is 54.2 Å². The van der Waals surface area contributed by atoms with Crippen LogP contribution in [0.25, 0.3) is 11.8 Å². The van der Waals surface area contributed by atoms with E-state index in [4.69, 9.17) is 9.15 Å². The van der Waals surface area contributed by atoms with Crippen LogP contribution in [0.15, 0.2) is 53.1 Å². The van der Waals surface area contributed by atoms with Gasteiger partial charge in [0.05, 0.1) is 29.4 Å². The summed E-state index contributed by atoms with van der Waals surface area (Å²) in [6, 6.07) is 6.29. The Morgan fingerprint density at radius 2 is 1.98 bits per heavy atom. The summed E-state index contributed by atoms with van der Waals surface area (Å²) in [5.41, 5.74) is 1.38. The molecular weight excluding hydrogens is 597 g/mol. The minimum absolute atomic E-state index is 0.0135. The van der Waals surface area contributed by atoms with E-state index in [0.29, 0.717) is 19.3 Å². The number of fused-ring (bicyclic) bond motifs is 6. The Bertz CT molecular complexity index is 1700. The molecule has 0 saturated heterocycles. The van der Waals surface area contributed by atoms with Crippen LogP contribution < -0.4 is 0 Å². The molecule has 1 aromatic carbocycles. The lowest BCUT2D eigenvalue weighted by molar-refractivity contribution is -0.174. The van der Waals surface area contributed by atoms with Gasteiger partial charge in [-0.25, -0.2) is 18.9 Å². The predicted molar refractivity (Wildman–Crippen MR) is 164 cm³/mol. The molecule has 3 fully saturated rings. The van der Waals surface area contributed by atoms with Gasteiger partial charge in [-0.1, -0.05) is 31.2 Å². The van der Waals surface area contributed by atoms with Crippen LogP contribution in [0.2, 0.25) is 0 Å². The first-order chi connectivity index (χ1) is 21.5. The summed E-state index contributed by atoms with van der Waals surface area (Å²) in [5.74, 6) is -1.18. The van der Waals surface area contributed by atoms with Crippen molar-refractivity contribution in [2.24, 2.45) is 28.6 Å². The van der Waals surface area contributed by atoms with Gasteiger partial charge in [0.15, 0.2) is 17.7 Å². The molecule has 3 saturated carbocycles. The van der Waals surface area contributed by atoms with Crippen molar-refractivity contribution in [3.05, 3.63) is 71.5 Å². The lowest BCUT2D eigenvalue weighted by atomic mass is 9.45. The fourth-order valence-electron chi connectivity index (χ4n) is 9.31. The number of benzene rings is 1. The van der Waals surface area contributed by atoms with Crippen molar-refractivity contribution >= 4 is 34.7 Å². The standard InChI is InChI=1S/C34H36FN3O6S/c1-19(39)17-45-31(42)34(44-30(41)26-16-43-18-36-26)11-10-25-24-9-4-21-12-27-20(15-37-38(27)23-7-5-22(35)6-8-23)13-32(21,2)29(24)28(40)14-33(25,34)3/h5-8,12,15-16,18,24-25,28-29,40H,4,9-11,13-14,17H2,1-3H3/t24-,25?,28-,29?,32-,33-,34-/m0/s1. The Morgan fingerprint density at radius 1 is 1.20 bits per heavy atom. The number of thioether (sulfide) groups is 1. The highest BCUT2D eigenvalue weighted by molar-refractivity contribution is 8.14. The number of rotatable bonds is 6. The van der Waals surface area contributed by atoms with Gasteiger partial charge in [-0.15, -0.1) is 0 Å². The maximum Gasteiger partial charge on any atom is 0.361 e. The van der Waals surface area contributed by atoms with Crippen molar-refractivity contribution in [2.45, 2.75) is 71.0 Å². The Hall–Kier alpha value is -3.57. The van der Waals surface area contributed by atoms with E-state index >= 15 is 0 Å². The maximum absolute atomic E-state index is 14.0. The number of nitrogens with zero attached hydrogens (tertiary/aromatic N) is 3. The molecule has 4 aliphatic carbocycles. The molecule has 236 valence electrons. The Kier molecular flexibility index (Phi) is 7.20. The highest BCUT2D eigenvalue weighted by atomic mass is 32.2. The van der Waals surface area contributed by atoms with E-state index in [2.05, 4.69) is 23.1 Å². The Labute approximate surface area is 264 Å². The topological polar surface area (TPSA) is 125 Å². The number of carbonyl (C=O) groups excluding carboxylic acids is 3. The van der Waals surface area contributed by atoms with Gasteiger partial charge in [-0.2, -0.15) is 5.10 Å². The Balaban J connectivity index is 1.23. The molecular formula is C34H36FN3O6S. The third-order valence-corrected chi connectivity index (χ3v) is 12.4. The number of esters is 1. The van der Waals surface area contributed by atoms with Crippen LogP contribution in [0.1, 0.15) is 74.6 Å². The highest BCUT2D eigenvalue weighted by Crippen LogP contribution is 2.69. The van der Waals surface area contributed by atoms with E-state index in [1.807, 2.05) is 17.8 Å². The van der Waals surface area contributed by atoms with Gasteiger partial charge in [0.1, 0.15) is 17.9 Å². The fraction of sp³-hybridized carbons (Fsp3) is 0.500. The van der Waals surface area contributed by atoms with Crippen molar-refractivity contribution in [1.82, 2.24) is 14.8 Å². The summed E-state index contributed by atoms with van der Waals surface area (Å²) in [6.45, 7) is 5.64. The predicted octanol–water partition coefficient (Wildman–Crippen LogP) is 5.60. The van der Waals surface area contributed by atoms with Crippen LogP contribution in [0, 0.1) is 34.4 Å². The molecule has 7 atom stereocenters. The molecule has 7 rings (SSSR count). The molecule has 4 aliphatic rings. The second kappa shape index (κ2) is 10.8. The smallest absolute Gasteiger partial charge is 0.361 e. The van der Waals surface area contributed by atoms with Gasteiger partial charge >= 0.3 is 5.97 Å². The summed E-state index contributed by atoms with van der Waals surface area (Å²) in [5, 5.41) is 16.4. The summed E-state index contributed by atoms with van der Waals surface area (Å²) >= 11 is 0.885. The summed E-state index contributed by atoms with van der Waals surface area (Å²) < 4.78 is 26.6. The van der Waals surface area contributed by atoms with Crippen LogP contribution in [0.3, 0.4) is 0 Å². The monoisotopic (exact) mass is 633 g/mol. The number of aliphatic hydroxyl groups excluding tert-OH is 1. The SMILES string of the molecule is CC(=O)CSC(=O)[C@@]1(OC(=O)c2cocn2)CCC2[C@@H]3CCC4=Cc5c(cnn5-c5ccc(F)cc5)C[C@]4(C)C3[C@@H](O)C[C@@]21C. The van der Waals surface area contributed by atoms with E-state index in [0.717, 1.165) is 47.9 Å². The molecule has 2 heterocycles. The number of allylic oxidation sites excluding steroid dienone is 1. The third kappa shape index (κ3) is 4.56. The van der Waals surface area contributed by atoms with E-state index in [-0.39, 0.29) is 57.8 Å². The second-order valence-corrected chi connectivity index (χ2v) is 14.6. The molecule has 0 spiro atoms. The highest BCUT2D eigenvalue weighted by Gasteiger charge is 2.70. The minimum atomic E-state index is -1.52. The number of Topliss-reactive ketones (excluding diaryl/α,β-unsaturated/α-hetero) is 1. The number of oxazole rings is 1. The summed E-state index contributed by atoms with van der Waals surface area (Å²) in [7, 11) is 0. The van der Waals surface area contributed by atoms with E-state index in [1.165, 1.54) is 30.9 Å².